The highest BCUT2D eigenvalue weighted by molar-refractivity contribution is 5.35. The largest absolute Gasteiger partial charge is 0.496 e. The van der Waals surface area contributed by atoms with Crippen LogP contribution in [-0.4, -0.2) is 40.1 Å². The van der Waals surface area contributed by atoms with Crippen LogP contribution in [0.3, 0.4) is 0 Å². The number of ether oxygens (including phenoxy) is 1. The molecule has 1 aromatic carbocycles. The van der Waals surface area contributed by atoms with Crippen molar-refractivity contribution in [2.45, 2.75) is 44.8 Å². The van der Waals surface area contributed by atoms with E-state index < -0.39 is 17.2 Å². The molecule has 2 N–H and O–H groups in total. The van der Waals surface area contributed by atoms with Gasteiger partial charge in [-0.3, -0.25) is 4.90 Å². The molecule has 0 spiro atoms. The van der Waals surface area contributed by atoms with Crippen LogP contribution in [0.25, 0.3) is 0 Å². The van der Waals surface area contributed by atoms with Crippen LogP contribution in [0.2, 0.25) is 0 Å². The SMILES string of the molecule is COc1ccc(F)c(F)c1CN1CCC(n2cc(C(C)(C)N)nn2)CC1. The van der Waals surface area contributed by atoms with Crippen molar-refractivity contribution >= 4 is 0 Å². The van der Waals surface area contributed by atoms with Gasteiger partial charge in [0.1, 0.15) is 11.4 Å². The van der Waals surface area contributed by atoms with Crippen LogP contribution in [0, 0.1) is 11.6 Å². The molecule has 2 aromatic rings. The van der Waals surface area contributed by atoms with Crippen LogP contribution in [-0.2, 0) is 12.1 Å². The summed E-state index contributed by atoms with van der Waals surface area (Å²) in [5.74, 6) is -1.31. The van der Waals surface area contributed by atoms with Crippen LogP contribution in [0.1, 0.15) is 44.0 Å². The fourth-order valence-electron chi connectivity index (χ4n) is 3.23. The van der Waals surface area contributed by atoms with Crippen LogP contribution in [0.4, 0.5) is 8.78 Å². The van der Waals surface area contributed by atoms with E-state index in [9.17, 15) is 8.78 Å². The monoisotopic (exact) mass is 365 g/mol. The van der Waals surface area contributed by atoms with Crippen molar-refractivity contribution in [1.29, 1.82) is 0 Å². The Bertz CT molecular complexity index is 763. The minimum absolute atomic E-state index is 0.231. The molecule has 26 heavy (non-hydrogen) atoms. The second-order valence-electron chi connectivity index (χ2n) is 7.35. The standard InChI is InChI=1S/C18H25F2N5O/c1-18(2,21)16-11-25(23-22-16)12-6-8-24(9-7-12)10-13-15(26-3)5-4-14(19)17(13)20/h4-5,11-12H,6-10,21H2,1-3H3. The van der Waals surface area contributed by atoms with Crippen molar-refractivity contribution in [2.24, 2.45) is 5.73 Å². The summed E-state index contributed by atoms with van der Waals surface area (Å²) in [6, 6.07) is 2.78. The number of aromatic nitrogens is 3. The number of piperidine rings is 1. The topological polar surface area (TPSA) is 69.2 Å². The maximum Gasteiger partial charge on any atom is 0.167 e. The number of hydrogen-bond acceptors (Lipinski definition) is 5. The Morgan fingerprint density at radius 2 is 1.96 bits per heavy atom. The molecule has 1 aliphatic rings. The Morgan fingerprint density at radius 3 is 2.54 bits per heavy atom. The quantitative estimate of drug-likeness (QED) is 0.882. The minimum atomic E-state index is -0.852. The van der Waals surface area contributed by atoms with Gasteiger partial charge in [0.25, 0.3) is 0 Å². The average molecular weight is 365 g/mol. The number of methoxy groups -OCH3 is 1. The second kappa shape index (κ2) is 7.28. The lowest BCUT2D eigenvalue weighted by atomic mass is 10.0. The number of nitrogens with zero attached hydrogens (tertiary/aromatic N) is 4. The molecule has 0 atom stereocenters. The molecule has 0 amide bonds. The lowest BCUT2D eigenvalue weighted by Crippen LogP contribution is -2.35. The van der Waals surface area contributed by atoms with Gasteiger partial charge < -0.3 is 10.5 Å². The van der Waals surface area contributed by atoms with Gasteiger partial charge in [0.15, 0.2) is 11.6 Å². The van der Waals surface area contributed by atoms with E-state index in [1.165, 1.54) is 13.2 Å². The van der Waals surface area contributed by atoms with E-state index in [1.807, 2.05) is 24.7 Å². The summed E-state index contributed by atoms with van der Waals surface area (Å²) in [7, 11) is 1.46. The first-order valence-corrected chi connectivity index (χ1v) is 8.74. The first-order chi connectivity index (χ1) is 12.3. The van der Waals surface area contributed by atoms with Gasteiger partial charge in [0.2, 0.25) is 0 Å². The lowest BCUT2D eigenvalue weighted by molar-refractivity contribution is 0.168. The molecule has 0 radical (unpaired) electrons. The predicted octanol–water partition coefficient (Wildman–Crippen LogP) is 2.60. The van der Waals surface area contributed by atoms with Gasteiger partial charge in [0.05, 0.1) is 24.9 Å². The molecule has 1 saturated heterocycles. The molecular formula is C18H25F2N5O. The Labute approximate surface area is 151 Å². The zero-order valence-corrected chi connectivity index (χ0v) is 15.4. The van der Waals surface area contributed by atoms with Crippen molar-refractivity contribution in [2.75, 3.05) is 20.2 Å². The third kappa shape index (κ3) is 3.86. The molecule has 0 unspecified atom stereocenters. The average Bonchev–Trinajstić information content (AvgIpc) is 3.10. The third-order valence-electron chi connectivity index (χ3n) is 4.86. The maximum absolute atomic E-state index is 14.1. The molecule has 0 saturated carbocycles. The number of halogens is 2. The van der Waals surface area contributed by atoms with Gasteiger partial charge in [0, 0.05) is 25.2 Å². The van der Waals surface area contributed by atoms with Gasteiger partial charge in [-0.1, -0.05) is 5.21 Å². The molecule has 8 heteroatoms. The van der Waals surface area contributed by atoms with Gasteiger partial charge >= 0.3 is 0 Å². The van der Waals surface area contributed by atoms with Crippen molar-refractivity contribution < 1.29 is 13.5 Å². The zero-order valence-electron chi connectivity index (χ0n) is 15.4. The molecule has 0 bridgehead atoms. The van der Waals surface area contributed by atoms with E-state index >= 15 is 0 Å². The van der Waals surface area contributed by atoms with E-state index in [1.54, 1.807) is 0 Å². The molecule has 3 rings (SSSR count). The summed E-state index contributed by atoms with van der Waals surface area (Å²) in [4.78, 5) is 2.10. The van der Waals surface area contributed by atoms with E-state index in [2.05, 4.69) is 15.2 Å². The van der Waals surface area contributed by atoms with Gasteiger partial charge in [-0.15, -0.1) is 5.10 Å². The number of rotatable bonds is 5. The number of hydrogen-bond donors (Lipinski definition) is 1. The van der Waals surface area contributed by atoms with Crippen molar-refractivity contribution in [3.05, 3.63) is 41.2 Å². The lowest BCUT2D eigenvalue weighted by Gasteiger charge is -2.32. The Balaban J connectivity index is 1.65. The van der Waals surface area contributed by atoms with Crippen LogP contribution < -0.4 is 10.5 Å². The van der Waals surface area contributed by atoms with Crippen molar-refractivity contribution in [3.63, 3.8) is 0 Å². The summed E-state index contributed by atoms with van der Waals surface area (Å²) in [6.07, 6.45) is 3.61. The highest BCUT2D eigenvalue weighted by atomic mass is 19.2. The molecule has 1 aliphatic heterocycles. The van der Waals surface area contributed by atoms with Gasteiger partial charge in [-0.25, -0.2) is 13.5 Å². The van der Waals surface area contributed by atoms with Gasteiger partial charge in [-0.2, -0.15) is 0 Å². The zero-order chi connectivity index (χ0) is 18.9. The molecule has 142 valence electrons. The van der Waals surface area contributed by atoms with Crippen LogP contribution >= 0.6 is 0 Å². The van der Waals surface area contributed by atoms with Gasteiger partial charge in [-0.05, 0) is 38.8 Å². The van der Waals surface area contributed by atoms with E-state index in [0.717, 1.165) is 37.7 Å². The summed E-state index contributed by atoms with van der Waals surface area (Å²) in [5.41, 5.74) is 6.55. The molecule has 6 nitrogen and oxygen atoms in total. The summed E-state index contributed by atoms with van der Waals surface area (Å²) < 4.78 is 34.7. The van der Waals surface area contributed by atoms with E-state index in [-0.39, 0.29) is 11.6 Å². The maximum atomic E-state index is 14.1. The second-order valence-corrected chi connectivity index (χ2v) is 7.35. The fourth-order valence-corrected chi connectivity index (χ4v) is 3.23. The van der Waals surface area contributed by atoms with Crippen LogP contribution in [0.5, 0.6) is 5.75 Å². The summed E-state index contributed by atoms with van der Waals surface area (Å²) in [6.45, 7) is 5.61. The normalized spacial score (nSPS) is 16.8. The molecular weight excluding hydrogens is 340 g/mol. The van der Waals surface area contributed by atoms with Crippen LogP contribution in [0.15, 0.2) is 18.3 Å². The highest BCUT2D eigenvalue weighted by Gasteiger charge is 2.26. The molecule has 1 fully saturated rings. The minimum Gasteiger partial charge on any atom is -0.496 e. The predicted molar refractivity (Wildman–Crippen MR) is 93.7 cm³/mol. The number of nitrogens with two attached hydrogens (primary N) is 1. The number of likely N-dealkylation sites (tertiary alicyclic amines) is 1. The fraction of sp³-hybridized carbons (Fsp3) is 0.556. The van der Waals surface area contributed by atoms with E-state index in [0.29, 0.717) is 12.3 Å². The van der Waals surface area contributed by atoms with Crippen molar-refractivity contribution in [1.82, 2.24) is 19.9 Å². The van der Waals surface area contributed by atoms with E-state index in [4.69, 9.17) is 10.5 Å². The van der Waals surface area contributed by atoms with Crippen molar-refractivity contribution in [3.8, 4) is 5.75 Å². The highest BCUT2D eigenvalue weighted by Crippen LogP contribution is 2.28. The summed E-state index contributed by atoms with van der Waals surface area (Å²) >= 11 is 0. The molecule has 0 aliphatic carbocycles. The third-order valence-corrected chi connectivity index (χ3v) is 4.86. The Morgan fingerprint density at radius 1 is 1.27 bits per heavy atom. The smallest absolute Gasteiger partial charge is 0.167 e. The molecule has 2 heterocycles. The summed E-state index contributed by atoms with van der Waals surface area (Å²) in [5, 5.41) is 8.37. The number of benzene rings is 1. The first kappa shape index (κ1) is 18.7. The first-order valence-electron chi connectivity index (χ1n) is 8.74. The Hall–Kier alpha value is -2.06. The molecule has 1 aromatic heterocycles. The Kier molecular flexibility index (Phi) is 5.24.